The Bertz CT molecular complexity index is 971. The average molecular weight is 384 g/mol. The quantitative estimate of drug-likeness (QED) is 0.494. The van der Waals surface area contributed by atoms with Crippen molar-refractivity contribution in [2.45, 2.75) is 6.92 Å². The highest BCUT2D eigenvalue weighted by Crippen LogP contribution is 2.38. The molecule has 0 aliphatic heterocycles. The fourth-order valence-corrected chi connectivity index (χ4v) is 2.74. The third kappa shape index (κ3) is 4.01. The van der Waals surface area contributed by atoms with E-state index in [4.69, 9.17) is 26.4 Å². The number of methoxy groups -OCH3 is 2. The summed E-state index contributed by atoms with van der Waals surface area (Å²) in [5.41, 5.74) is 1.68. The lowest BCUT2D eigenvalue weighted by Crippen LogP contribution is -2.00. The van der Waals surface area contributed by atoms with Crippen molar-refractivity contribution in [3.05, 3.63) is 52.8 Å². The molecule has 1 heterocycles. The first kappa shape index (κ1) is 18.7. The molecule has 0 spiro atoms. The summed E-state index contributed by atoms with van der Waals surface area (Å²) >= 11 is 5.30. The second-order valence-corrected chi connectivity index (χ2v) is 5.85. The van der Waals surface area contributed by atoms with Crippen LogP contribution in [-0.4, -0.2) is 41.9 Å². The third-order valence-corrected chi connectivity index (χ3v) is 4.04. The van der Waals surface area contributed by atoms with Crippen molar-refractivity contribution in [2.75, 3.05) is 20.8 Å². The van der Waals surface area contributed by atoms with Crippen molar-refractivity contribution in [3.63, 3.8) is 0 Å². The second kappa shape index (κ2) is 8.50. The smallest absolute Gasteiger partial charge is 0.216 e. The molecule has 0 amide bonds. The molecule has 1 aromatic heterocycles. The van der Waals surface area contributed by atoms with Gasteiger partial charge in [0, 0.05) is 11.1 Å². The number of ether oxygens (including phenoxy) is 3. The van der Waals surface area contributed by atoms with E-state index in [2.05, 4.69) is 15.3 Å². The van der Waals surface area contributed by atoms with Gasteiger partial charge in [-0.2, -0.15) is 14.9 Å². The molecule has 0 unspecified atom stereocenters. The van der Waals surface area contributed by atoms with E-state index in [1.807, 2.05) is 49.4 Å². The molecular formula is C19H20N4O3S. The van der Waals surface area contributed by atoms with Gasteiger partial charge >= 0.3 is 0 Å². The van der Waals surface area contributed by atoms with Gasteiger partial charge in [-0.3, -0.25) is 0 Å². The maximum Gasteiger partial charge on any atom is 0.216 e. The van der Waals surface area contributed by atoms with Crippen molar-refractivity contribution < 1.29 is 14.2 Å². The fourth-order valence-electron chi connectivity index (χ4n) is 2.56. The number of benzene rings is 2. The Morgan fingerprint density at radius 1 is 1.15 bits per heavy atom. The van der Waals surface area contributed by atoms with Gasteiger partial charge in [0.15, 0.2) is 17.3 Å². The van der Waals surface area contributed by atoms with Gasteiger partial charge in [0.25, 0.3) is 0 Å². The van der Waals surface area contributed by atoms with Crippen LogP contribution in [0.15, 0.2) is 47.6 Å². The van der Waals surface area contributed by atoms with Gasteiger partial charge in [0.05, 0.1) is 27.0 Å². The Morgan fingerprint density at radius 2 is 1.81 bits per heavy atom. The van der Waals surface area contributed by atoms with Crippen LogP contribution in [0, 0.1) is 4.77 Å². The first-order valence-electron chi connectivity index (χ1n) is 8.34. The van der Waals surface area contributed by atoms with Crippen LogP contribution >= 0.6 is 12.2 Å². The molecule has 0 fully saturated rings. The summed E-state index contributed by atoms with van der Waals surface area (Å²) < 4.78 is 18.4. The summed E-state index contributed by atoms with van der Waals surface area (Å²) in [4.78, 5) is 0. The predicted octanol–water partition coefficient (Wildman–Crippen LogP) is 3.91. The van der Waals surface area contributed by atoms with E-state index in [1.54, 1.807) is 25.1 Å². The molecule has 0 saturated carbocycles. The van der Waals surface area contributed by atoms with E-state index in [0.717, 1.165) is 11.1 Å². The van der Waals surface area contributed by atoms with Crippen LogP contribution in [-0.2, 0) is 0 Å². The van der Waals surface area contributed by atoms with Crippen molar-refractivity contribution >= 4 is 18.4 Å². The van der Waals surface area contributed by atoms with Crippen LogP contribution < -0.4 is 14.2 Å². The minimum absolute atomic E-state index is 0.398. The zero-order chi connectivity index (χ0) is 19.2. The predicted molar refractivity (Wildman–Crippen MR) is 107 cm³/mol. The number of aromatic nitrogens is 3. The number of aromatic amines is 1. The highest BCUT2D eigenvalue weighted by atomic mass is 32.1. The average Bonchev–Trinajstić information content (AvgIpc) is 3.08. The monoisotopic (exact) mass is 384 g/mol. The number of nitrogens with one attached hydrogen (secondary N) is 1. The molecule has 0 saturated heterocycles. The topological polar surface area (TPSA) is 73.7 Å². The van der Waals surface area contributed by atoms with Crippen molar-refractivity contribution in [1.82, 2.24) is 14.9 Å². The summed E-state index contributed by atoms with van der Waals surface area (Å²) in [5, 5.41) is 11.5. The molecule has 2 aromatic carbocycles. The normalized spacial score (nSPS) is 10.9. The highest BCUT2D eigenvalue weighted by molar-refractivity contribution is 7.71. The Balaban J connectivity index is 2.00. The van der Waals surface area contributed by atoms with Crippen LogP contribution in [0.2, 0.25) is 0 Å². The molecule has 0 atom stereocenters. The van der Waals surface area contributed by atoms with Gasteiger partial charge in [0.1, 0.15) is 0 Å². The summed E-state index contributed by atoms with van der Waals surface area (Å²) in [6.45, 7) is 2.41. The first-order chi connectivity index (χ1) is 13.2. The molecule has 140 valence electrons. The van der Waals surface area contributed by atoms with Crippen LogP contribution in [0.3, 0.4) is 0 Å². The van der Waals surface area contributed by atoms with Crippen LogP contribution in [0.1, 0.15) is 12.5 Å². The Hall–Kier alpha value is -3.13. The van der Waals surface area contributed by atoms with Gasteiger partial charge in [-0.05, 0) is 31.3 Å². The van der Waals surface area contributed by atoms with Crippen LogP contribution in [0.4, 0.5) is 0 Å². The summed E-state index contributed by atoms with van der Waals surface area (Å²) in [6, 6.07) is 13.3. The highest BCUT2D eigenvalue weighted by Gasteiger charge is 2.13. The van der Waals surface area contributed by atoms with Gasteiger partial charge in [0.2, 0.25) is 10.5 Å². The maximum absolute atomic E-state index is 5.62. The molecule has 3 aromatic rings. The molecule has 0 aliphatic rings. The Kier molecular flexibility index (Phi) is 5.87. The Labute approximate surface area is 162 Å². The van der Waals surface area contributed by atoms with Crippen LogP contribution in [0.5, 0.6) is 17.2 Å². The Morgan fingerprint density at radius 3 is 2.41 bits per heavy atom. The largest absolute Gasteiger partial charge is 0.493 e. The number of H-pyrrole nitrogens is 1. The van der Waals surface area contributed by atoms with Crippen LogP contribution in [0.25, 0.3) is 11.4 Å². The lowest BCUT2D eigenvalue weighted by molar-refractivity contribution is 0.288. The van der Waals surface area contributed by atoms with Crippen molar-refractivity contribution in [2.24, 2.45) is 5.10 Å². The molecule has 7 nitrogen and oxygen atoms in total. The third-order valence-electron chi connectivity index (χ3n) is 3.78. The maximum atomic E-state index is 5.62. The van der Waals surface area contributed by atoms with E-state index in [0.29, 0.717) is 34.5 Å². The number of rotatable bonds is 7. The SMILES string of the molecule is CCOc1c(OC)cc(/C=N\n2c(-c3ccccc3)n[nH]c2=S)cc1OC. The van der Waals surface area contributed by atoms with Crippen molar-refractivity contribution in [1.29, 1.82) is 0 Å². The zero-order valence-electron chi connectivity index (χ0n) is 15.3. The molecule has 0 bridgehead atoms. The number of nitrogens with zero attached hydrogens (tertiary/aromatic N) is 3. The molecular weight excluding hydrogens is 364 g/mol. The number of hydrogen-bond donors (Lipinski definition) is 1. The standard InChI is InChI=1S/C19H20N4O3S/c1-4-26-17-15(24-2)10-13(11-16(17)25-3)12-20-23-18(21-22-19(23)27)14-8-6-5-7-9-14/h5-12H,4H2,1-3H3,(H,22,27)/b20-12-. The van der Waals surface area contributed by atoms with E-state index in [9.17, 15) is 0 Å². The minimum Gasteiger partial charge on any atom is -0.493 e. The molecule has 0 radical (unpaired) electrons. The fraction of sp³-hybridized carbons (Fsp3) is 0.211. The van der Waals surface area contributed by atoms with E-state index >= 15 is 0 Å². The molecule has 8 heteroatoms. The van der Waals surface area contributed by atoms with E-state index in [-0.39, 0.29) is 0 Å². The minimum atomic E-state index is 0.398. The lowest BCUT2D eigenvalue weighted by Gasteiger charge is -2.14. The first-order valence-corrected chi connectivity index (χ1v) is 8.74. The molecule has 1 N–H and O–H groups in total. The zero-order valence-corrected chi connectivity index (χ0v) is 16.1. The molecule has 3 rings (SSSR count). The summed E-state index contributed by atoms with van der Waals surface area (Å²) in [6.07, 6.45) is 1.67. The van der Waals surface area contributed by atoms with Crippen molar-refractivity contribution in [3.8, 4) is 28.6 Å². The van der Waals surface area contributed by atoms with Gasteiger partial charge < -0.3 is 14.2 Å². The number of hydrogen-bond acceptors (Lipinski definition) is 6. The molecule has 27 heavy (non-hydrogen) atoms. The van der Waals surface area contributed by atoms with Gasteiger partial charge in [-0.1, -0.05) is 30.3 Å². The van der Waals surface area contributed by atoms with Gasteiger partial charge in [-0.15, -0.1) is 0 Å². The second-order valence-electron chi connectivity index (χ2n) is 5.46. The van der Waals surface area contributed by atoms with E-state index in [1.165, 1.54) is 0 Å². The van der Waals surface area contributed by atoms with Gasteiger partial charge in [-0.25, -0.2) is 5.10 Å². The summed E-state index contributed by atoms with van der Waals surface area (Å²) in [5.74, 6) is 2.32. The molecule has 0 aliphatic carbocycles. The lowest BCUT2D eigenvalue weighted by atomic mass is 10.2. The summed E-state index contributed by atoms with van der Waals surface area (Å²) in [7, 11) is 3.16. The van der Waals surface area contributed by atoms with E-state index < -0.39 is 0 Å².